The number of nitrogens with zero attached hydrogens (tertiary/aromatic N) is 2. The van der Waals surface area contributed by atoms with E-state index in [1.54, 1.807) is 0 Å². The Morgan fingerprint density at radius 3 is 1.84 bits per heavy atom. The summed E-state index contributed by atoms with van der Waals surface area (Å²) in [5, 5.41) is 33.8. The van der Waals surface area contributed by atoms with Gasteiger partial charge in [0.25, 0.3) is 0 Å². The van der Waals surface area contributed by atoms with E-state index in [-0.39, 0.29) is 6.04 Å². The Morgan fingerprint density at radius 1 is 0.645 bits per heavy atom. The molecule has 1 aliphatic rings. The lowest BCUT2D eigenvalue weighted by Gasteiger charge is -2.41. The van der Waals surface area contributed by atoms with Crippen LogP contribution in [0.25, 0.3) is 0 Å². The van der Waals surface area contributed by atoms with Crippen molar-refractivity contribution >= 4 is 74.2 Å². The molecule has 0 aliphatic heterocycles. The summed E-state index contributed by atoms with van der Waals surface area (Å²) in [5.74, 6) is 1.03. The van der Waals surface area contributed by atoms with Gasteiger partial charge in [0.2, 0.25) is 0 Å². The van der Waals surface area contributed by atoms with Crippen LogP contribution in [0.2, 0.25) is 0 Å². The summed E-state index contributed by atoms with van der Waals surface area (Å²) in [5.41, 5.74) is 21.1. The highest BCUT2D eigenvalue weighted by Crippen LogP contribution is 2.56. The first-order valence-electron chi connectivity index (χ1n) is 30.0. The Bertz CT molecular complexity index is 2220. The third-order valence-electron chi connectivity index (χ3n) is 14.9. The fourth-order valence-electron chi connectivity index (χ4n) is 10.5. The molecular weight excluding hydrogens is 964 g/mol. The maximum atomic E-state index is 8.23. The molecule has 14 heteroatoms. The van der Waals surface area contributed by atoms with Crippen molar-refractivity contribution in [3.05, 3.63) is 72.3 Å². The quantitative estimate of drug-likeness (QED) is 0.00515. The number of hydrogen-bond donors (Lipinski definition) is 10. The Labute approximate surface area is 466 Å². The van der Waals surface area contributed by atoms with Gasteiger partial charge >= 0.3 is 5.31 Å². The number of ether oxygens (including phenoxy) is 1. The maximum absolute atomic E-state index is 8.23. The highest BCUT2D eigenvalue weighted by atomic mass is 35.5. The van der Waals surface area contributed by atoms with Gasteiger partial charge in [-0.25, -0.2) is 15.6 Å². The lowest BCUT2D eigenvalue weighted by atomic mass is 9.99. The first-order valence-corrected chi connectivity index (χ1v) is 30.4. The van der Waals surface area contributed by atoms with E-state index in [1.165, 1.54) is 57.8 Å². The zero-order valence-electron chi connectivity index (χ0n) is 48.6. The number of nitrogens with two attached hydrogens (primary N) is 1. The third-order valence-corrected chi connectivity index (χ3v) is 15.2. The van der Waals surface area contributed by atoms with Gasteiger partial charge in [0.15, 0.2) is 5.75 Å². The highest BCUT2D eigenvalue weighted by molar-refractivity contribution is 6.26. The van der Waals surface area contributed by atoms with E-state index in [2.05, 4.69) is 144 Å². The van der Waals surface area contributed by atoms with E-state index in [0.29, 0.717) is 29.6 Å². The molecule has 5 rings (SSSR count). The van der Waals surface area contributed by atoms with Gasteiger partial charge in [-0.1, -0.05) is 174 Å². The van der Waals surface area contributed by atoms with E-state index in [0.717, 1.165) is 160 Å². The number of nitrogens with one attached hydrogen (secondary N) is 9. The molecule has 2 atom stereocenters. The van der Waals surface area contributed by atoms with Crippen LogP contribution >= 0.6 is 11.6 Å². The summed E-state index contributed by atoms with van der Waals surface area (Å²) in [4.78, 5) is 0. The predicted molar refractivity (Wildman–Crippen MR) is 335 cm³/mol. The van der Waals surface area contributed by atoms with Gasteiger partial charge in [-0.2, -0.15) is 0 Å². The monoisotopic (exact) mass is 1070 g/mol. The molecule has 0 spiro atoms. The van der Waals surface area contributed by atoms with Gasteiger partial charge in [0.1, 0.15) is 17.1 Å². The van der Waals surface area contributed by atoms with Crippen molar-refractivity contribution in [2.24, 2.45) is 5.92 Å². The number of alkyl halides is 1. The molecule has 424 valence electrons. The smallest absolute Gasteiger partial charge is 0.343 e. The fourth-order valence-corrected chi connectivity index (χ4v) is 10.8. The number of nitrogen functional groups attached to an aromatic ring is 1. The van der Waals surface area contributed by atoms with E-state index >= 15 is 0 Å². The van der Waals surface area contributed by atoms with Crippen LogP contribution < -0.4 is 63.5 Å². The van der Waals surface area contributed by atoms with Crippen LogP contribution in [0.5, 0.6) is 5.75 Å². The number of benzene rings is 4. The average Bonchev–Trinajstić information content (AvgIpc) is 3.99. The molecular formula is C62H103ClN12O. The van der Waals surface area contributed by atoms with Crippen molar-refractivity contribution in [2.45, 2.75) is 195 Å². The second kappa shape index (κ2) is 33.9. The molecule has 0 bridgehead atoms. The number of hydrazine groups is 2. The van der Waals surface area contributed by atoms with Crippen LogP contribution in [0.1, 0.15) is 182 Å². The molecule has 4 aromatic carbocycles. The largest absolute Gasteiger partial charge is 0.433 e. The molecule has 0 saturated heterocycles. The van der Waals surface area contributed by atoms with Crippen LogP contribution in [0.3, 0.4) is 0 Å². The predicted octanol–water partition coefficient (Wildman–Crippen LogP) is 16.9. The van der Waals surface area contributed by atoms with Gasteiger partial charge in [0.05, 0.1) is 34.1 Å². The van der Waals surface area contributed by atoms with Crippen LogP contribution in [0.4, 0.5) is 62.6 Å². The van der Waals surface area contributed by atoms with Crippen LogP contribution in [0.15, 0.2) is 66.7 Å². The van der Waals surface area contributed by atoms with Crippen LogP contribution in [0, 0.1) is 12.8 Å². The summed E-state index contributed by atoms with van der Waals surface area (Å²) in [6.07, 6.45) is 23.7. The molecule has 1 saturated carbocycles. The average molecular weight is 1070 g/mol. The van der Waals surface area contributed by atoms with Gasteiger partial charge in [-0.05, 0) is 99.4 Å². The van der Waals surface area contributed by atoms with Crippen molar-refractivity contribution in [3.8, 4) is 5.75 Å². The molecule has 13 nitrogen and oxygen atoms in total. The van der Waals surface area contributed by atoms with Gasteiger partial charge in [-0.15, -0.1) is 0 Å². The van der Waals surface area contributed by atoms with Gasteiger partial charge < -0.3 is 53.0 Å². The van der Waals surface area contributed by atoms with Gasteiger partial charge in [0, 0.05) is 63.7 Å². The Morgan fingerprint density at radius 2 is 1.25 bits per heavy atom. The lowest BCUT2D eigenvalue weighted by molar-refractivity contribution is 0.219. The summed E-state index contributed by atoms with van der Waals surface area (Å²) in [6.45, 7) is 22.4. The van der Waals surface area contributed by atoms with E-state index in [4.69, 9.17) is 22.1 Å². The SMILES string of the molecule is CCCCCCCCCCCCNc1c(Nc2ccccc2)c(OC(Cl)(Nc2ccccc2)Nc2c(N)cc(C)c(NC)c2NCC)c(NC2CCCC2)c(NCC(CC)CCCC)c1N(NCCCC)N(CC)CC. The zero-order chi connectivity index (χ0) is 54.5. The molecule has 0 aromatic heterocycles. The minimum absolute atomic E-state index is 0.203. The number of unbranched alkanes of at least 4 members (excludes halogenated alkanes) is 11. The van der Waals surface area contributed by atoms with Crippen LogP contribution in [-0.2, 0) is 0 Å². The molecule has 0 radical (unpaired) electrons. The summed E-state index contributed by atoms with van der Waals surface area (Å²) >= 11 is 8.23. The molecule has 4 aromatic rings. The van der Waals surface area contributed by atoms with Crippen molar-refractivity contribution in [1.82, 2.24) is 10.4 Å². The first-order chi connectivity index (χ1) is 37.1. The molecule has 1 aliphatic carbocycles. The second-order valence-electron chi connectivity index (χ2n) is 20.9. The third kappa shape index (κ3) is 18.5. The number of rotatable bonds is 40. The molecule has 1 fully saturated rings. The Hall–Kier alpha value is -5.11. The second-order valence-corrected chi connectivity index (χ2v) is 21.4. The fraction of sp³-hybridized carbons (Fsp3) is 0.613. The van der Waals surface area contributed by atoms with Gasteiger partial charge in [-0.3, -0.25) is 0 Å². The molecule has 76 heavy (non-hydrogen) atoms. The van der Waals surface area contributed by atoms with Crippen molar-refractivity contribution in [3.63, 3.8) is 0 Å². The topological polar surface area (TPSA) is 150 Å². The number of hydrogen-bond acceptors (Lipinski definition) is 13. The van der Waals surface area contributed by atoms with Crippen LogP contribution in [-0.4, -0.2) is 62.7 Å². The zero-order valence-corrected chi connectivity index (χ0v) is 49.4. The van der Waals surface area contributed by atoms with E-state index in [9.17, 15) is 0 Å². The molecule has 0 heterocycles. The lowest BCUT2D eigenvalue weighted by Crippen LogP contribution is -2.52. The maximum Gasteiger partial charge on any atom is 0.343 e. The highest BCUT2D eigenvalue weighted by Gasteiger charge is 2.39. The minimum atomic E-state index is -1.82. The van der Waals surface area contributed by atoms with E-state index in [1.807, 2.05) is 43.4 Å². The summed E-state index contributed by atoms with van der Waals surface area (Å²) in [7, 11) is 1.93. The number of para-hydroxylation sites is 2. The molecule has 0 amide bonds. The standard InChI is InChI=1S/C62H103ClN12O/c1-10-17-20-21-22-23-24-25-26-35-43-67-56-58(70-49-37-29-27-30-38-49)61(76-62(63,72-51-41-31-28-32-42-51)73-54-52(64)45-47(8)53(65-9)55(54)66-14-5)59(71-50-39-33-34-40-50)57(68-46-48(13-4)36-18-11-2)60(56)75(69-44-19-12-3)74(15-6)16-7/h27-32,37-38,41-42,45,48,50,65-73H,10-26,33-36,39-40,43-44,46,64H2,1-9H3. The number of aryl methyl sites for hydroxylation is 1. The van der Waals surface area contributed by atoms with Crippen molar-refractivity contribution in [1.29, 1.82) is 0 Å². The Kier molecular flexibility index (Phi) is 27.6. The number of halogens is 1. The van der Waals surface area contributed by atoms with Crippen molar-refractivity contribution in [2.75, 3.05) is 99.7 Å². The normalized spacial score (nSPS) is 13.8. The summed E-state index contributed by atoms with van der Waals surface area (Å²) in [6, 6.07) is 22.7. The molecule has 2 unspecified atom stereocenters. The first kappa shape index (κ1) is 61.7. The number of anilines is 11. The van der Waals surface area contributed by atoms with Crippen molar-refractivity contribution < 1.29 is 4.74 Å². The molecule has 11 N–H and O–H groups in total. The van der Waals surface area contributed by atoms with E-state index < -0.39 is 5.31 Å². The Balaban J connectivity index is 1.87. The minimum Gasteiger partial charge on any atom is -0.433 e. The summed E-state index contributed by atoms with van der Waals surface area (Å²) < 4.78 is 7.76.